The third-order valence-corrected chi connectivity index (χ3v) is 4.17. The molecule has 1 aromatic carbocycles. The number of ether oxygens (including phenoxy) is 1. The summed E-state index contributed by atoms with van der Waals surface area (Å²) >= 11 is 1.64. The number of carbonyl (C=O) groups is 1. The minimum atomic E-state index is -0.319. The molecule has 0 aliphatic heterocycles. The number of aryl methyl sites for hydroxylation is 1. The van der Waals surface area contributed by atoms with Gasteiger partial charge in [0.15, 0.2) is 0 Å². The van der Waals surface area contributed by atoms with E-state index in [0.29, 0.717) is 5.75 Å². The van der Waals surface area contributed by atoms with Gasteiger partial charge in [-0.1, -0.05) is 0 Å². The first-order chi connectivity index (χ1) is 9.51. The van der Waals surface area contributed by atoms with Crippen molar-refractivity contribution in [3.8, 4) is 11.5 Å². The van der Waals surface area contributed by atoms with Crippen LogP contribution in [0.15, 0.2) is 30.3 Å². The monoisotopic (exact) mass is 291 g/mol. The van der Waals surface area contributed by atoms with Crippen molar-refractivity contribution in [1.29, 1.82) is 0 Å². The van der Waals surface area contributed by atoms with Crippen molar-refractivity contribution in [2.75, 3.05) is 7.11 Å². The molecule has 1 unspecified atom stereocenters. The van der Waals surface area contributed by atoms with Gasteiger partial charge >= 0.3 is 0 Å². The van der Waals surface area contributed by atoms with Crippen LogP contribution in [-0.4, -0.2) is 18.1 Å². The number of aromatic hydroxyl groups is 1. The lowest BCUT2D eigenvalue weighted by atomic mass is 10.1. The summed E-state index contributed by atoms with van der Waals surface area (Å²) in [5.41, 5.74) is 0.212. The highest BCUT2D eigenvalue weighted by Crippen LogP contribution is 2.25. The van der Waals surface area contributed by atoms with E-state index in [1.165, 1.54) is 24.1 Å². The SMILES string of the molecule is COc1ccc(O)c(C(=O)NC(C)c2ccc(C)s2)c1. The molecule has 1 atom stereocenters. The van der Waals surface area contributed by atoms with E-state index in [2.05, 4.69) is 5.32 Å². The molecule has 0 bridgehead atoms. The number of benzene rings is 1. The summed E-state index contributed by atoms with van der Waals surface area (Å²) < 4.78 is 5.06. The van der Waals surface area contributed by atoms with E-state index in [9.17, 15) is 9.90 Å². The Balaban J connectivity index is 2.15. The normalized spacial score (nSPS) is 11.9. The Bertz CT molecular complexity index is 621. The highest BCUT2D eigenvalue weighted by Gasteiger charge is 2.16. The molecule has 0 fully saturated rings. The van der Waals surface area contributed by atoms with Crippen LogP contribution in [0.3, 0.4) is 0 Å². The molecule has 0 saturated carbocycles. The van der Waals surface area contributed by atoms with Crippen LogP contribution in [0.1, 0.15) is 33.1 Å². The smallest absolute Gasteiger partial charge is 0.255 e. The van der Waals surface area contributed by atoms with E-state index < -0.39 is 0 Å². The van der Waals surface area contributed by atoms with Crippen LogP contribution >= 0.6 is 11.3 Å². The fourth-order valence-electron chi connectivity index (χ4n) is 1.86. The summed E-state index contributed by atoms with van der Waals surface area (Å²) in [6.45, 7) is 3.94. The maximum absolute atomic E-state index is 12.2. The molecular weight excluding hydrogens is 274 g/mol. The molecular formula is C15H17NO3S. The Morgan fingerprint density at radius 2 is 2.10 bits per heavy atom. The van der Waals surface area contributed by atoms with E-state index in [0.717, 1.165) is 4.88 Å². The zero-order valence-corrected chi connectivity index (χ0v) is 12.5. The van der Waals surface area contributed by atoms with Gasteiger partial charge in [0, 0.05) is 9.75 Å². The maximum atomic E-state index is 12.2. The number of thiophene rings is 1. The third kappa shape index (κ3) is 3.11. The molecule has 1 heterocycles. The molecule has 2 N–H and O–H groups in total. The van der Waals surface area contributed by atoms with Crippen molar-refractivity contribution in [1.82, 2.24) is 5.32 Å². The molecule has 2 rings (SSSR count). The number of phenols is 1. The zero-order valence-electron chi connectivity index (χ0n) is 11.6. The highest BCUT2D eigenvalue weighted by molar-refractivity contribution is 7.12. The average Bonchev–Trinajstić information content (AvgIpc) is 2.86. The van der Waals surface area contributed by atoms with Crippen LogP contribution in [0.5, 0.6) is 11.5 Å². The summed E-state index contributed by atoms with van der Waals surface area (Å²) in [6, 6.07) is 8.50. The van der Waals surface area contributed by atoms with Crippen LogP contribution in [0.2, 0.25) is 0 Å². The van der Waals surface area contributed by atoms with Crippen LogP contribution in [-0.2, 0) is 0 Å². The first-order valence-corrected chi connectivity index (χ1v) is 7.07. The molecule has 5 heteroatoms. The minimum absolute atomic E-state index is 0.0575. The van der Waals surface area contributed by atoms with E-state index in [4.69, 9.17) is 4.74 Å². The lowest BCUT2D eigenvalue weighted by molar-refractivity contribution is 0.0937. The van der Waals surface area contributed by atoms with Gasteiger partial charge in [0.05, 0.1) is 18.7 Å². The Morgan fingerprint density at radius 3 is 2.70 bits per heavy atom. The molecule has 1 aromatic heterocycles. The van der Waals surface area contributed by atoms with Gasteiger partial charge in [0.25, 0.3) is 5.91 Å². The molecule has 0 radical (unpaired) electrons. The quantitative estimate of drug-likeness (QED) is 0.909. The molecule has 0 saturated heterocycles. The van der Waals surface area contributed by atoms with E-state index in [1.807, 2.05) is 26.0 Å². The van der Waals surface area contributed by atoms with Crippen molar-refractivity contribution in [2.24, 2.45) is 0 Å². The lowest BCUT2D eigenvalue weighted by Gasteiger charge is -2.13. The van der Waals surface area contributed by atoms with Gasteiger partial charge in [-0.2, -0.15) is 0 Å². The van der Waals surface area contributed by atoms with Crippen molar-refractivity contribution in [3.05, 3.63) is 45.6 Å². The predicted octanol–water partition coefficient (Wildman–Crippen LogP) is 3.26. The van der Waals surface area contributed by atoms with Gasteiger partial charge in [-0.25, -0.2) is 0 Å². The third-order valence-electron chi connectivity index (χ3n) is 2.98. The second-order valence-electron chi connectivity index (χ2n) is 4.53. The van der Waals surface area contributed by atoms with Gasteiger partial charge in [-0.15, -0.1) is 11.3 Å². The van der Waals surface area contributed by atoms with Crippen LogP contribution in [0, 0.1) is 6.92 Å². The van der Waals surface area contributed by atoms with E-state index in [1.54, 1.807) is 17.4 Å². The van der Waals surface area contributed by atoms with Crippen molar-refractivity contribution >= 4 is 17.2 Å². The number of amides is 1. The second-order valence-corrected chi connectivity index (χ2v) is 5.85. The molecule has 1 amide bonds. The number of hydrogen-bond donors (Lipinski definition) is 2. The zero-order chi connectivity index (χ0) is 14.7. The second kappa shape index (κ2) is 5.96. The van der Waals surface area contributed by atoms with Crippen molar-refractivity contribution in [3.63, 3.8) is 0 Å². The summed E-state index contributed by atoms with van der Waals surface area (Å²) in [5.74, 6) is 0.158. The lowest BCUT2D eigenvalue weighted by Crippen LogP contribution is -2.26. The molecule has 4 nitrogen and oxygen atoms in total. The Kier molecular flexibility index (Phi) is 4.29. The molecule has 0 spiro atoms. The van der Waals surface area contributed by atoms with Crippen LogP contribution < -0.4 is 10.1 Å². The topological polar surface area (TPSA) is 58.6 Å². The number of carbonyl (C=O) groups excluding carboxylic acids is 1. The van der Waals surface area contributed by atoms with Gasteiger partial charge in [-0.05, 0) is 44.2 Å². The van der Waals surface area contributed by atoms with E-state index >= 15 is 0 Å². The van der Waals surface area contributed by atoms with E-state index in [-0.39, 0.29) is 23.3 Å². The van der Waals surface area contributed by atoms with Crippen LogP contribution in [0.25, 0.3) is 0 Å². The molecule has 2 aromatic rings. The van der Waals surface area contributed by atoms with Gasteiger partial charge < -0.3 is 15.2 Å². The molecule has 106 valence electrons. The van der Waals surface area contributed by atoms with Crippen molar-refractivity contribution < 1.29 is 14.6 Å². The average molecular weight is 291 g/mol. The van der Waals surface area contributed by atoms with Crippen molar-refractivity contribution in [2.45, 2.75) is 19.9 Å². The minimum Gasteiger partial charge on any atom is -0.507 e. The fourth-order valence-corrected chi connectivity index (χ4v) is 2.74. The van der Waals surface area contributed by atoms with Crippen LogP contribution in [0.4, 0.5) is 0 Å². The first kappa shape index (κ1) is 14.4. The summed E-state index contributed by atoms with van der Waals surface area (Å²) in [6.07, 6.45) is 0. The van der Waals surface area contributed by atoms with Gasteiger partial charge in [0.1, 0.15) is 11.5 Å². The highest BCUT2D eigenvalue weighted by atomic mass is 32.1. The molecule has 20 heavy (non-hydrogen) atoms. The maximum Gasteiger partial charge on any atom is 0.255 e. The molecule has 0 aliphatic carbocycles. The standard InChI is InChI=1S/C15H17NO3S/c1-9-4-7-14(20-9)10(2)16-15(18)12-8-11(19-3)5-6-13(12)17/h4-8,10,17H,1-3H3,(H,16,18). The molecule has 0 aliphatic rings. The Hall–Kier alpha value is -2.01. The first-order valence-electron chi connectivity index (χ1n) is 6.25. The predicted molar refractivity (Wildman–Crippen MR) is 79.6 cm³/mol. The van der Waals surface area contributed by atoms with Gasteiger partial charge in [-0.3, -0.25) is 4.79 Å². The summed E-state index contributed by atoms with van der Waals surface area (Å²) in [7, 11) is 1.52. The number of rotatable bonds is 4. The number of methoxy groups -OCH3 is 1. The number of phenolic OH excluding ortho intramolecular Hbond substituents is 1. The Labute approximate surface area is 122 Å². The Morgan fingerprint density at radius 1 is 1.35 bits per heavy atom. The fraction of sp³-hybridized carbons (Fsp3) is 0.267. The summed E-state index contributed by atoms with van der Waals surface area (Å²) in [5, 5.41) is 12.6. The summed E-state index contributed by atoms with van der Waals surface area (Å²) in [4.78, 5) is 14.5. The number of hydrogen-bond acceptors (Lipinski definition) is 4. The number of nitrogens with one attached hydrogen (secondary N) is 1. The van der Waals surface area contributed by atoms with Gasteiger partial charge in [0.2, 0.25) is 0 Å². The largest absolute Gasteiger partial charge is 0.507 e.